The van der Waals surface area contributed by atoms with Gasteiger partial charge < -0.3 is 10.1 Å². The Balaban J connectivity index is 2.18. The fourth-order valence-electron chi connectivity index (χ4n) is 1.09. The van der Waals surface area contributed by atoms with E-state index < -0.39 is 0 Å². The first-order valence-electron chi connectivity index (χ1n) is 4.93. The number of hydrogen-bond acceptors (Lipinski definition) is 4. The van der Waals surface area contributed by atoms with Crippen molar-refractivity contribution in [2.45, 2.75) is 20.3 Å². The highest BCUT2D eigenvalue weighted by molar-refractivity contribution is 5.33. The molecule has 0 spiro atoms. The van der Waals surface area contributed by atoms with Crippen LogP contribution >= 0.6 is 0 Å². The number of anilines is 1. The second-order valence-corrected chi connectivity index (χ2v) is 3.02. The predicted molar refractivity (Wildman–Crippen MR) is 56.4 cm³/mol. The number of aromatic nitrogens is 2. The van der Waals surface area contributed by atoms with Crippen molar-refractivity contribution >= 4 is 5.82 Å². The summed E-state index contributed by atoms with van der Waals surface area (Å²) in [5, 5.41) is 3.21. The van der Waals surface area contributed by atoms with Crippen molar-refractivity contribution in [3.8, 4) is 0 Å². The number of nitrogens with zero attached hydrogens (tertiary/aromatic N) is 2. The molecular weight excluding hydrogens is 178 g/mol. The highest BCUT2D eigenvalue weighted by Crippen LogP contribution is 2.01. The van der Waals surface area contributed by atoms with Crippen molar-refractivity contribution in [1.29, 1.82) is 0 Å². The summed E-state index contributed by atoms with van der Waals surface area (Å²) in [7, 11) is 0. The Morgan fingerprint density at radius 3 is 3.00 bits per heavy atom. The van der Waals surface area contributed by atoms with Gasteiger partial charge in [-0.2, -0.15) is 0 Å². The van der Waals surface area contributed by atoms with Gasteiger partial charge in [-0.1, -0.05) is 0 Å². The Hall–Kier alpha value is -1.16. The molecule has 0 atom stereocenters. The quantitative estimate of drug-likeness (QED) is 0.701. The molecule has 14 heavy (non-hydrogen) atoms. The number of ether oxygens (including phenoxy) is 1. The van der Waals surface area contributed by atoms with E-state index in [2.05, 4.69) is 15.3 Å². The van der Waals surface area contributed by atoms with E-state index in [-0.39, 0.29) is 0 Å². The van der Waals surface area contributed by atoms with Crippen LogP contribution in [-0.2, 0) is 4.74 Å². The lowest BCUT2D eigenvalue weighted by Crippen LogP contribution is -2.07. The molecule has 78 valence electrons. The normalized spacial score (nSPS) is 10.1. The summed E-state index contributed by atoms with van der Waals surface area (Å²) in [6.45, 7) is 6.42. The first kappa shape index (κ1) is 10.9. The van der Waals surface area contributed by atoms with Crippen LogP contribution in [-0.4, -0.2) is 29.7 Å². The molecule has 0 aliphatic carbocycles. The molecule has 0 amide bonds. The van der Waals surface area contributed by atoms with Gasteiger partial charge in [0.1, 0.15) is 12.1 Å². The molecule has 1 rings (SSSR count). The molecule has 0 saturated heterocycles. The highest BCUT2D eigenvalue weighted by atomic mass is 16.5. The Kier molecular flexibility index (Phi) is 4.93. The van der Waals surface area contributed by atoms with Crippen LogP contribution in [0.4, 0.5) is 5.82 Å². The van der Waals surface area contributed by atoms with Crippen molar-refractivity contribution < 1.29 is 4.74 Å². The first-order chi connectivity index (χ1) is 6.83. The van der Waals surface area contributed by atoms with Gasteiger partial charge in [-0.05, 0) is 20.3 Å². The van der Waals surface area contributed by atoms with Gasteiger partial charge in [-0.25, -0.2) is 9.97 Å². The van der Waals surface area contributed by atoms with E-state index in [4.69, 9.17) is 4.74 Å². The predicted octanol–water partition coefficient (Wildman–Crippen LogP) is 1.62. The third-order valence-electron chi connectivity index (χ3n) is 1.78. The number of hydrogen-bond donors (Lipinski definition) is 1. The largest absolute Gasteiger partial charge is 0.382 e. The zero-order chi connectivity index (χ0) is 10.2. The van der Waals surface area contributed by atoms with Crippen LogP contribution < -0.4 is 5.32 Å². The summed E-state index contributed by atoms with van der Waals surface area (Å²) in [6, 6.07) is 1.93. The summed E-state index contributed by atoms with van der Waals surface area (Å²) < 4.78 is 5.22. The van der Waals surface area contributed by atoms with Gasteiger partial charge in [-0.15, -0.1) is 0 Å². The average molecular weight is 195 g/mol. The molecule has 4 heteroatoms. The molecule has 0 aromatic carbocycles. The van der Waals surface area contributed by atoms with Crippen LogP contribution in [0.3, 0.4) is 0 Å². The molecule has 0 aliphatic rings. The van der Waals surface area contributed by atoms with Crippen LogP contribution in [0.2, 0.25) is 0 Å². The lowest BCUT2D eigenvalue weighted by molar-refractivity contribution is 0.147. The van der Waals surface area contributed by atoms with E-state index in [9.17, 15) is 0 Å². The SMILES string of the molecule is CCOCCCNc1cc(C)ncn1. The summed E-state index contributed by atoms with van der Waals surface area (Å²) >= 11 is 0. The lowest BCUT2D eigenvalue weighted by atomic mass is 10.4. The fraction of sp³-hybridized carbons (Fsp3) is 0.600. The van der Waals surface area contributed by atoms with Crippen LogP contribution in [0.5, 0.6) is 0 Å². The van der Waals surface area contributed by atoms with Gasteiger partial charge in [0.05, 0.1) is 0 Å². The maximum Gasteiger partial charge on any atom is 0.129 e. The van der Waals surface area contributed by atoms with Crippen molar-refractivity contribution in [1.82, 2.24) is 9.97 Å². The van der Waals surface area contributed by atoms with E-state index in [1.54, 1.807) is 6.33 Å². The minimum Gasteiger partial charge on any atom is -0.382 e. The molecule has 0 aliphatic heterocycles. The number of aryl methyl sites for hydroxylation is 1. The van der Waals surface area contributed by atoms with Crippen molar-refractivity contribution in [2.24, 2.45) is 0 Å². The van der Waals surface area contributed by atoms with Crippen LogP contribution in [0.25, 0.3) is 0 Å². The third kappa shape index (κ3) is 4.18. The summed E-state index contributed by atoms with van der Waals surface area (Å²) in [5.41, 5.74) is 0.979. The van der Waals surface area contributed by atoms with Gasteiger partial charge in [0, 0.05) is 31.5 Å². The van der Waals surface area contributed by atoms with Gasteiger partial charge in [0.2, 0.25) is 0 Å². The molecule has 4 nitrogen and oxygen atoms in total. The highest BCUT2D eigenvalue weighted by Gasteiger charge is 1.93. The molecule has 0 bridgehead atoms. The Morgan fingerprint density at radius 2 is 2.29 bits per heavy atom. The minimum absolute atomic E-state index is 0.784. The zero-order valence-corrected chi connectivity index (χ0v) is 8.79. The van der Waals surface area contributed by atoms with E-state index in [0.29, 0.717) is 0 Å². The summed E-state index contributed by atoms with van der Waals surface area (Å²) in [5.74, 6) is 0.883. The molecule has 0 fully saturated rings. The molecule has 0 unspecified atom stereocenters. The van der Waals surface area contributed by atoms with E-state index in [0.717, 1.165) is 37.7 Å². The maximum atomic E-state index is 5.22. The van der Waals surface area contributed by atoms with Crippen molar-refractivity contribution in [3.63, 3.8) is 0 Å². The lowest BCUT2D eigenvalue weighted by Gasteiger charge is -2.05. The van der Waals surface area contributed by atoms with Crippen LogP contribution in [0.15, 0.2) is 12.4 Å². The molecule has 0 radical (unpaired) electrons. The molecule has 1 N–H and O–H groups in total. The third-order valence-corrected chi connectivity index (χ3v) is 1.78. The van der Waals surface area contributed by atoms with Crippen molar-refractivity contribution in [3.05, 3.63) is 18.1 Å². The van der Waals surface area contributed by atoms with E-state index in [1.165, 1.54) is 0 Å². The summed E-state index contributed by atoms with van der Waals surface area (Å²) in [4.78, 5) is 8.12. The molecule has 1 aromatic heterocycles. The average Bonchev–Trinajstić information content (AvgIpc) is 2.18. The van der Waals surface area contributed by atoms with E-state index >= 15 is 0 Å². The maximum absolute atomic E-state index is 5.22. The molecule has 1 heterocycles. The second-order valence-electron chi connectivity index (χ2n) is 3.02. The Bertz CT molecular complexity index is 265. The Labute approximate surface area is 84.7 Å². The smallest absolute Gasteiger partial charge is 0.129 e. The van der Waals surface area contributed by atoms with E-state index in [1.807, 2.05) is 19.9 Å². The standard InChI is InChI=1S/C10H17N3O/c1-3-14-6-4-5-11-10-7-9(2)12-8-13-10/h7-8H,3-6H2,1-2H3,(H,11,12,13). The van der Waals surface area contributed by atoms with Gasteiger partial charge in [0.25, 0.3) is 0 Å². The first-order valence-corrected chi connectivity index (χ1v) is 4.93. The van der Waals surface area contributed by atoms with Crippen LogP contribution in [0, 0.1) is 6.92 Å². The second kappa shape index (κ2) is 6.32. The zero-order valence-electron chi connectivity index (χ0n) is 8.79. The number of rotatable bonds is 6. The Morgan fingerprint density at radius 1 is 1.43 bits per heavy atom. The van der Waals surface area contributed by atoms with Gasteiger partial charge in [-0.3, -0.25) is 0 Å². The molecule has 1 aromatic rings. The van der Waals surface area contributed by atoms with Gasteiger partial charge >= 0.3 is 0 Å². The van der Waals surface area contributed by atoms with Gasteiger partial charge in [0.15, 0.2) is 0 Å². The topological polar surface area (TPSA) is 47.0 Å². The monoisotopic (exact) mass is 195 g/mol. The van der Waals surface area contributed by atoms with Crippen LogP contribution in [0.1, 0.15) is 19.0 Å². The molecule has 0 saturated carbocycles. The number of nitrogens with one attached hydrogen (secondary N) is 1. The van der Waals surface area contributed by atoms with Crippen molar-refractivity contribution in [2.75, 3.05) is 25.1 Å². The minimum atomic E-state index is 0.784. The fourth-order valence-corrected chi connectivity index (χ4v) is 1.09. The summed E-state index contributed by atoms with van der Waals surface area (Å²) in [6.07, 6.45) is 2.57. The molecular formula is C10H17N3O.